The van der Waals surface area contributed by atoms with Gasteiger partial charge in [-0.05, 0) is 30.7 Å². The second kappa shape index (κ2) is 2.05. The fraction of sp³-hybridized carbons (Fsp3) is 0.143. The van der Waals surface area contributed by atoms with Crippen LogP contribution in [-0.2, 0) is 0 Å². The van der Waals surface area contributed by atoms with Crippen LogP contribution in [0.4, 0.5) is 10.1 Å². The standard InChI is InChI=1S/C7H8FN/c1-5-4-6(9)2-3-7(5)8/h2-4H,9H2,1H3/i8-1. The Kier molecular flexibility index (Phi) is 1.39. The lowest BCUT2D eigenvalue weighted by Gasteiger charge is -1.95. The Hall–Kier alpha value is -1.05. The van der Waals surface area contributed by atoms with Gasteiger partial charge in [-0.25, -0.2) is 4.39 Å². The molecule has 0 fully saturated rings. The number of nitrogen functional groups attached to an aromatic ring is 1. The summed E-state index contributed by atoms with van der Waals surface area (Å²) >= 11 is 0. The Morgan fingerprint density at radius 2 is 2.11 bits per heavy atom. The number of aryl methyl sites for hydroxylation is 1. The van der Waals surface area contributed by atoms with Crippen LogP contribution in [-0.4, -0.2) is 0 Å². The molecule has 0 aliphatic heterocycles. The zero-order valence-corrected chi connectivity index (χ0v) is 5.19. The maximum atomic E-state index is 12.4. The van der Waals surface area contributed by atoms with E-state index in [1.54, 1.807) is 19.1 Å². The lowest BCUT2D eigenvalue weighted by molar-refractivity contribution is 0.619. The highest BCUT2D eigenvalue weighted by Crippen LogP contribution is 2.09. The minimum absolute atomic E-state index is 0.204. The second-order valence-electron chi connectivity index (χ2n) is 2.01. The first-order chi connectivity index (χ1) is 4.20. The Labute approximate surface area is 53.3 Å². The first-order valence-electron chi connectivity index (χ1n) is 2.72. The van der Waals surface area contributed by atoms with Crippen LogP contribution in [0.15, 0.2) is 18.2 Å². The summed E-state index contributed by atoms with van der Waals surface area (Å²) in [4.78, 5) is 0. The third-order valence-corrected chi connectivity index (χ3v) is 1.18. The molecule has 1 aromatic rings. The summed E-state index contributed by atoms with van der Waals surface area (Å²) in [5, 5.41) is 0. The number of anilines is 1. The van der Waals surface area contributed by atoms with Gasteiger partial charge in [-0.2, -0.15) is 0 Å². The number of benzene rings is 1. The minimum Gasteiger partial charge on any atom is -0.399 e. The van der Waals surface area contributed by atoms with Crippen LogP contribution in [0.3, 0.4) is 0 Å². The largest absolute Gasteiger partial charge is 0.399 e. The van der Waals surface area contributed by atoms with Gasteiger partial charge in [0.2, 0.25) is 0 Å². The average molecular weight is 124 g/mol. The molecule has 1 rings (SSSR count). The minimum atomic E-state index is -0.204. The average Bonchev–Trinajstić information content (AvgIpc) is 1.80. The van der Waals surface area contributed by atoms with Crippen molar-refractivity contribution in [3.63, 3.8) is 0 Å². The van der Waals surface area contributed by atoms with Crippen molar-refractivity contribution in [2.24, 2.45) is 0 Å². The van der Waals surface area contributed by atoms with Crippen molar-refractivity contribution >= 4 is 5.69 Å². The molecule has 0 unspecified atom stereocenters. The van der Waals surface area contributed by atoms with Gasteiger partial charge >= 0.3 is 0 Å². The van der Waals surface area contributed by atoms with Gasteiger partial charge < -0.3 is 5.73 Å². The van der Waals surface area contributed by atoms with Gasteiger partial charge in [-0.15, -0.1) is 0 Å². The van der Waals surface area contributed by atoms with Crippen molar-refractivity contribution in [1.82, 2.24) is 0 Å². The van der Waals surface area contributed by atoms with E-state index in [0.29, 0.717) is 11.3 Å². The van der Waals surface area contributed by atoms with Crippen molar-refractivity contribution in [3.8, 4) is 0 Å². The zero-order valence-electron chi connectivity index (χ0n) is 5.19. The molecule has 9 heavy (non-hydrogen) atoms. The third-order valence-electron chi connectivity index (χ3n) is 1.18. The van der Waals surface area contributed by atoms with Gasteiger partial charge in [0.05, 0.1) is 0 Å². The highest BCUT2D eigenvalue weighted by molar-refractivity contribution is 5.40. The lowest BCUT2D eigenvalue weighted by Crippen LogP contribution is -1.87. The van der Waals surface area contributed by atoms with E-state index < -0.39 is 0 Å². The van der Waals surface area contributed by atoms with Crippen LogP contribution in [0.1, 0.15) is 5.56 Å². The van der Waals surface area contributed by atoms with Crippen LogP contribution in [0.2, 0.25) is 0 Å². The topological polar surface area (TPSA) is 26.0 Å². The van der Waals surface area contributed by atoms with E-state index in [4.69, 9.17) is 5.73 Å². The van der Waals surface area contributed by atoms with Crippen molar-refractivity contribution in [2.75, 3.05) is 5.73 Å². The molecule has 0 aromatic heterocycles. The van der Waals surface area contributed by atoms with E-state index in [9.17, 15) is 4.39 Å². The van der Waals surface area contributed by atoms with E-state index in [-0.39, 0.29) is 5.82 Å². The fourth-order valence-corrected chi connectivity index (χ4v) is 0.668. The van der Waals surface area contributed by atoms with E-state index in [2.05, 4.69) is 0 Å². The molecule has 2 heteroatoms. The fourth-order valence-electron chi connectivity index (χ4n) is 0.668. The van der Waals surface area contributed by atoms with Crippen molar-refractivity contribution < 1.29 is 4.39 Å². The smallest absolute Gasteiger partial charge is 0.126 e. The quantitative estimate of drug-likeness (QED) is 0.523. The number of halogens is 1. The lowest BCUT2D eigenvalue weighted by atomic mass is 10.2. The second-order valence-corrected chi connectivity index (χ2v) is 2.01. The summed E-state index contributed by atoms with van der Waals surface area (Å²) < 4.78 is 12.4. The van der Waals surface area contributed by atoms with Crippen LogP contribution in [0, 0.1) is 12.7 Å². The van der Waals surface area contributed by atoms with Crippen molar-refractivity contribution in [3.05, 3.63) is 29.6 Å². The molecule has 0 radical (unpaired) electrons. The molecular formula is C7H8FN. The van der Waals surface area contributed by atoms with Gasteiger partial charge in [0, 0.05) is 5.69 Å². The van der Waals surface area contributed by atoms with Gasteiger partial charge in [-0.1, -0.05) is 0 Å². The van der Waals surface area contributed by atoms with Crippen LogP contribution >= 0.6 is 0 Å². The molecule has 0 aliphatic rings. The van der Waals surface area contributed by atoms with Crippen molar-refractivity contribution in [1.29, 1.82) is 0 Å². The van der Waals surface area contributed by atoms with Gasteiger partial charge in [0.15, 0.2) is 0 Å². The predicted molar refractivity (Wildman–Crippen MR) is 35.5 cm³/mol. The van der Waals surface area contributed by atoms with Crippen LogP contribution < -0.4 is 5.73 Å². The van der Waals surface area contributed by atoms with E-state index in [1.165, 1.54) is 6.07 Å². The van der Waals surface area contributed by atoms with E-state index in [0.717, 1.165) is 0 Å². The molecule has 0 atom stereocenters. The molecule has 0 saturated heterocycles. The predicted octanol–water partition coefficient (Wildman–Crippen LogP) is 1.72. The van der Waals surface area contributed by atoms with Gasteiger partial charge in [0.1, 0.15) is 5.82 Å². The van der Waals surface area contributed by atoms with Crippen LogP contribution in [0.25, 0.3) is 0 Å². The molecule has 0 aliphatic carbocycles. The van der Waals surface area contributed by atoms with Gasteiger partial charge in [0.25, 0.3) is 0 Å². The highest BCUT2D eigenvalue weighted by atomic mass is 18.2. The maximum absolute atomic E-state index is 12.4. The number of nitrogens with two attached hydrogens (primary N) is 1. The summed E-state index contributed by atoms with van der Waals surface area (Å²) in [6, 6.07) is 4.52. The zero-order chi connectivity index (χ0) is 6.85. The van der Waals surface area contributed by atoms with Crippen molar-refractivity contribution in [2.45, 2.75) is 6.92 Å². The number of rotatable bonds is 0. The summed E-state index contributed by atoms with van der Waals surface area (Å²) in [5.74, 6) is -0.204. The number of hydrogen-bond acceptors (Lipinski definition) is 1. The van der Waals surface area contributed by atoms with Gasteiger partial charge in [-0.3, -0.25) is 0 Å². The third kappa shape index (κ3) is 1.19. The molecule has 0 bridgehead atoms. The Morgan fingerprint density at radius 1 is 1.44 bits per heavy atom. The number of hydrogen-bond donors (Lipinski definition) is 1. The highest BCUT2D eigenvalue weighted by Gasteiger charge is 1.93. The molecule has 0 spiro atoms. The normalized spacial score (nSPS) is 9.56. The van der Waals surface area contributed by atoms with E-state index >= 15 is 0 Å². The molecule has 48 valence electrons. The Morgan fingerprint density at radius 3 is 2.56 bits per heavy atom. The molecule has 1 nitrogen and oxygen atoms in total. The summed E-state index contributed by atoms with van der Waals surface area (Å²) in [6.45, 7) is 1.69. The molecular weight excluding hydrogens is 116 g/mol. The van der Waals surface area contributed by atoms with Crippen LogP contribution in [0.5, 0.6) is 0 Å². The summed E-state index contributed by atoms with van der Waals surface area (Å²) in [7, 11) is 0. The van der Waals surface area contributed by atoms with E-state index in [1.807, 2.05) is 0 Å². The molecule has 0 amide bonds. The summed E-state index contributed by atoms with van der Waals surface area (Å²) in [6.07, 6.45) is 0. The maximum Gasteiger partial charge on any atom is 0.126 e. The first-order valence-corrected chi connectivity index (χ1v) is 2.72. The molecule has 0 saturated carbocycles. The summed E-state index contributed by atoms with van der Waals surface area (Å²) in [5.41, 5.74) is 6.56. The Bertz CT molecular complexity index is 220. The molecule has 1 aromatic carbocycles. The SMILES string of the molecule is Cc1cc(N)ccc1[18F]. The monoisotopic (exact) mass is 124 g/mol. The molecule has 0 heterocycles. The first kappa shape index (κ1) is 6.08. The Balaban J connectivity index is 3.17. The molecule has 2 N–H and O–H groups in total.